The zero-order valence-electron chi connectivity index (χ0n) is 12.2. The van der Waals surface area contributed by atoms with Gasteiger partial charge in [-0.1, -0.05) is 19.9 Å². The van der Waals surface area contributed by atoms with Crippen LogP contribution in [0, 0.1) is 6.92 Å². The van der Waals surface area contributed by atoms with E-state index in [2.05, 4.69) is 45.9 Å². The number of hydrogen-bond donors (Lipinski definition) is 1. The molecule has 0 saturated heterocycles. The number of unbranched alkanes of at least 4 members (excludes halogenated alkanes) is 1. The Morgan fingerprint density at radius 1 is 1.17 bits per heavy atom. The summed E-state index contributed by atoms with van der Waals surface area (Å²) in [6, 6.07) is 6.70. The molecule has 2 heteroatoms. The average Bonchev–Trinajstić information content (AvgIpc) is 2.27. The van der Waals surface area contributed by atoms with Crippen LogP contribution in [0.4, 0.5) is 0 Å². The van der Waals surface area contributed by atoms with Crippen molar-refractivity contribution in [3.05, 3.63) is 29.3 Å². The van der Waals surface area contributed by atoms with Crippen molar-refractivity contribution < 1.29 is 4.74 Å². The Hall–Kier alpha value is -1.02. The van der Waals surface area contributed by atoms with Crippen LogP contribution in [0.25, 0.3) is 0 Å². The normalized spacial score (nSPS) is 12.8. The second kappa shape index (κ2) is 7.42. The predicted molar refractivity (Wildman–Crippen MR) is 78.3 cm³/mol. The number of nitrogens with two attached hydrogens (primary N) is 1. The number of benzene rings is 1. The number of hydrogen-bond acceptors (Lipinski definition) is 2. The van der Waals surface area contributed by atoms with Gasteiger partial charge in [0.25, 0.3) is 0 Å². The molecule has 0 bridgehead atoms. The van der Waals surface area contributed by atoms with Gasteiger partial charge >= 0.3 is 0 Å². The van der Waals surface area contributed by atoms with Gasteiger partial charge < -0.3 is 10.5 Å². The molecule has 1 aromatic rings. The molecule has 18 heavy (non-hydrogen) atoms. The molecule has 1 atom stereocenters. The third kappa shape index (κ3) is 5.09. The molecule has 1 unspecified atom stereocenters. The largest absolute Gasteiger partial charge is 0.494 e. The van der Waals surface area contributed by atoms with E-state index in [0.29, 0.717) is 12.0 Å². The Balaban J connectivity index is 2.37. The van der Waals surface area contributed by atoms with Gasteiger partial charge in [0.2, 0.25) is 0 Å². The zero-order valence-corrected chi connectivity index (χ0v) is 12.2. The summed E-state index contributed by atoms with van der Waals surface area (Å²) in [6.45, 7) is 9.42. The first-order valence-corrected chi connectivity index (χ1v) is 6.99. The van der Waals surface area contributed by atoms with Crippen LogP contribution in [0.1, 0.15) is 57.1 Å². The van der Waals surface area contributed by atoms with Crippen molar-refractivity contribution in [3.63, 3.8) is 0 Å². The lowest BCUT2D eigenvalue weighted by molar-refractivity contribution is 0.303. The molecule has 2 N–H and O–H groups in total. The van der Waals surface area contributed by atoms with Crippen molar-refractivity contribution >= 4 is 0 Å². The van der Waals surface area contributed by atoms with Gasteiger partial charge in [0.05, 0.1) is 6.61 Å². The third-order valence-electron chi connectivity index (χ3n) is 3.19. The highest BCUT2D eigenvalue weighted by Gasteiger charge is 2.04. The van der Waals surface area contributed by atoms with Crippen LogP contribution < -0.4 is 10.5 Å². The molecule has 0 aliphatic rings. The van der Waals surface area contributed by atoms with Gasteiger partial charge in [0.15, 0.2) is 0 Å². The van der Waals surface area contributed by atoms with Gasteiger partial charge in [-0.3, -0.25) is 0 Å². The van der Waals surface area contributed by atoms with Crippen LogP contribution >= 0.6 is 0 Å². The minimum Gasteiger partial charge on any atom is -0.494 e. The summed E-state index contributed by atoms with van der Waals surface area (Å²) < 4.78 is 5.76. The van der Waals surface area contributed by atoms with Crippen LogP contribution in [0.2, 0.25) is 0 Å². The van der Waals surface area contributed by atoms with Gasteiger partial charge in [-0.25, -0.2) is 0 Å². The fourth-order valence-electron chi connectivity index (χ4n) is 2.14. The second-order valence-corrected chi connectivity index (χ2v) is 5.49. The van der Waals surface area contributed by atoms with Gasteiger partial charge in [-0.15, -0.1) is 0 Å². The van der Waals surface area contributed by atoms with Gasteiger partial charge in [-0.05, 0) is 62.3 Å². The van der Waals surface area contributed by atoms with E-state index in [1.807, 2.05) is 0 Å². The smallest absolute Gasteiger partial charge is 0.119 e. The van der Waals surface area contributed by atoms with E-state index in [4.69, 9.17) is 10.5 Å². The Labute approximate surface area is 112 Å². The van der Waals surface area contributed by atoms with Crippen molar-refractivity contribution in [2.45, 2.75) is 58.9 Å². The summed E-state index contributed by atoms with van der Waals surface area (Å²) in [7, 11) is 0. The van der Waals surface area contributed by atoms with Crippen molar-refractivity contribution in [1.82, 2.24) is 0 Å². The van der Waals surface area contributed by atoms with E-state index in [9.17, 15) is 0 Å². The monoisotopic (exact) mass is 249 g/mol. The highest BCUT2D eigenvalue weighted by molar-refractivity contribution is 5.36. The van der Waals surface area contributed by atoms with Crippen molar-refractivity contribution in [2.75, 3.05) is 6.61 Å². The highest BCUT2D eigenvalue weighted by Crippen LogP contribution is 2.23. The maximum Gasteiger partial charge on any atom is 0.119 e. The molecule has 0 spiro atoms. The molecule has 0 aliphatic carbocycles. The first-order valence-electron chi connectivity index (χ1n) is 6.99. The molecule has 0 fully saturated rings. The van der Waals surface area contributed by atoms with Crippen molar-refractivity contribution in [2.24, 2.45) is 5.73 Å². The summed E-state index contributed by atoms with van der Waals surface area (Å²) in [6.07, 6.45) is 3.29. The second-order valence-electron chi connectivity index (χ2n) is 5.49. The van der Waals surface area contributed by atoms with Crippen LogP contribution in [0.15, 0.2) is 18.2 Å². The lowest BCUT2D eigenvalue weighted by Gasteiger charge is -2.12. The summed E-state index contributed by atoms with van der Waals surface area (Å²) in [5, 5.41) is 0. The first kappa shape index (κ1) is 15.0. The van der Waals surface area contributed by atoms with Crippen LogP contribution in [-0.2, 0) is 0 Å². The van der Waals surface area contributed by atoms with Crippen LogP contribution in [-0.4, -0.2) is 12.6 Å². The zero-order chi connectivity index (χ0) is 13.5. The van der Waals surface area contributed by atoms with Gasteiger partial charge in [0.1, 0.15) is 5.75 Å². The van der Waals surface area contributed by atoms with E-state index in [0.717, 1.165) is 31.6 Å². The number of ether oxygens (including phenoxy) is 1. The van der Waals surface area contributed by atoms with Crippen LogP contribution in [0.5, 0.6) is 5.75 Å². The lowest BCUT2D eigenvalue weighted by atomic mass is 9.98. The fraction of sp³-hybridized carbons (Fsp3) is 0.625. The molecular formula is C16H27NO. The molecule has 2 nitrogen and oxygen atoms in total. The van der Waals surface area contributed by atoms with E-state index in [-0.39, 0.29) is 0 Å². The maximum absolute atomic E-state index is 5.76. The SMILES string of the molecule is Cc1cc(OCCCCC(C)N)ccc1C(C)C. The Morgan fingerprint density at radius 2 is 1.89 bits per heavy atom. The molecule has 0 aliphatic heterocycles. The highest BCUT2D eigenvalue weighted by atomic mass is 16.5. The van der Waals surface area contributed by atoms with Crippen molar-refractivity contribution in [1.29, 1.82) is 0 Å². The molecule has 1 rings (SSSR count). The Bertz CT molecular complexity index is 358. The molecular weight excluding hydrogens is 222 g/mol. The van der Waals surface area contributed by atoms with Crippen LogP contribution in [0.3, 0.4) is 0 Å². The lowest BCUT2D eigenvalue weighted by Crippen LogP contribution is -2.14. The Morgan fingerprint density at radius 3 is 2.44 bits per heavy atom. The van der Waals surface area contributed by atoms with Crippen molar-refractivity contribution in [3.8, 4) is 5.75 Å². The van der Waals surface area contributed by atoms with Gasteiger partial charge in [-0.2, -0.15) is 0 Å². The molecule has 0 saturated carbocycles. The molecule has 0 heterocycles. The van der Waals surface area contributed by atoms with Gasteiger partial charge in [0, 0.05) is 6.04 Å². The molecule has 0 aromatic heterocycles. The number of rotatable bonds is 7. The van der Waals surface area contributed by atoms with E-state index >= 15 is 0 Å². The molecule has 0 amide bonds. The van der Waals surface area contributed by atoms with E-state index in [1.54, 1.807) is 0 Å². The summed E-state index contributed by atoms with van der Waals surface area (Å²) in [5.74, 6) is 1.56. The molecule has 102 valence electrons. The number of aryl methyl sites for hydroxylation is 1. The summed E-state index contributed by atoms with van der Waals surface area (Å²) in [5.41, 5.74) is 8.43. The average molecular weight is 249 g/mol. The fourth-order valence-corrected chi connectivity index (χ4v) is 2.14. The Kier molecular flexibility index (Phi) is 6.20. The maximum atomic E-state index is 5.76. The predicted octanol–water partition coefficient (Wildman–Crippen LogP) is 4.01. The summed E-state index contributed by atoms with van der Waals surface area (Å²) in [4.78, 5) is 0. The van der Waals surface area contributed by atoms with E-state index in [1.165, 1.54) is 11.1 Å². The quantitative estimate of drug-likeness (QED) is 0.741. The topological polar surface area (TPSA) is 35.2 Å². The minimum atomic E-state index is 0.303. The summed E-state index contributed by atoms with van der Waals surface area (Å²) >= 11 is 0. The standard InChI is InChI=1S/C16H27NO/c1-12(2)16-9-8-15(11-13(16)3)18-10-6-5-7-14(4)17/h8-9,11-12,14H,5-7,10,17H2,1-4H3. The molecule has 0 radical (unpaired) electrons. The minimum absolute atomic E-state index is 0.303. The third-order valence-corrected chi connectivity index (χ3v) is 3.19. The molecule has 1 aromatic carbocycles. The first-order chi connectivity index (χ1) is 8.50. The van der Waals surface area contributed by atoms with E-state index < -0.39 is 0 Å².